The molecule has 0 aliphatic carbocycles. The third-order valence-electron chi connectivity index (χ3n) is 2.55. The predicted octanol–water partition coefficient (Wildman–Crippen LogP) is 2.37. The molecule has 3 nitrogen and oxygen atoms in total. The van der Waals surface area contributed by atoms with Crippen molar-refractivity contribution in [3.05, 3.63) is 23.9 Å². The number of ether oxygens (including phenoxy) is 1. The van der Waals surface area contributed by atoms with Crippen LogP contribution in [0.15, 0.2) is 18.2 Å². The lowest BCUT2D eigenvalue weighted by molar-refractivity contribution is 0.394. The Bertz CT molecular complexity index is 285. The number of hydrogen-bond acceptors (Lipinski definition) is 3. The minimum Gasteiger partial charge on any atom is -0.481 e. The van der Waals surface area contributed by atoms with Crippen LogP contribution in [0.2, 0.25) is 0 Å². The van der Waals surface area contributed by atoms with Crippen LogP contribution in [0.25, 0.3) is 0 Å². The standard InChI is InChI=1S/C12H20N2O/c1-4-10(5-2)13-9-11-7-6-8-12(14-11)15-3/h6-8,10,13H,4-5,9H2,1-3H3. The summed E-state index contributed by atoms with van der Waals surface area (Å²) in [5.74, 6) is 0.679. The summed E-state index contributed by atoms with van der Waals surface area (Å²) in [4.78, 5) is 4.35. The number of aromatic nitrogens is 1. The highest BCUT2D eigenvalue weighted by Crippen LogP contribution is 2.07. The minimum atomic E-state index is 0.581. The Labute approximate surface area is 91.9 Å². The highest BCUT2D eigenvalue weighted by Gasteiger charge is 2.03. The molecule has 84 valence electrons. The minimum absolute atomic E-state index is 0.581. The van der Waals surface area contributed by atoms with Gasteiger partial charge in [-0.2, -0.15) is 0 Å². The summed E-state index contributed by atoms with van der Waals surface area (Å²) in [6.07, 6.45) is 2.31. The lowest BCUT2D eigenvalue weighted by Crippen LogP contribution is -2.27. The molecule has 0 spiro atoms. The van der Waals surface area contributed by atoms with E-state index < -0.39 is 0 Å². The molecule has 1 aromatic heterocycles. The van der Waals surface area contributed by atoms with Gasteiger partial charge in [-0.05, 0) is 18.9 Å². The fourth-order valence-electron chi connectivity index (χ4n) is 1.50. The van der Waals surface area contributed by atoms with Crippen LogP contribution in [0.3, 0.4) is 0 Å². The van der Waals surface area contributed by atoms with Crippen molar-refractivity contribution in [2.75, 3.05) is 7.11 Å². The molecular formula is C12H20N2O. The molecule has 1 rings (SSSR count). The van der Waals surface area contributed by atoms with Gasteiger partial charge in [0, 0.05) is 18.7 Å². The van der Waals surface area contributed by atoms with Crippen molar-refractivity contribution in [2.45, 2.75) is 39.3 Å². The monoisotopic (exact) mass is 208 g/mol. The molecule has 0 unspecified atom stereocenters. The molecule has 0 atom stereocenters. The zero-order valence-electron chi connectivity index (χ0n) is 9.79. The van der Waals surface area contributed by atoms with Crippen LogP contribution in [-0.2, 0) is 6.54 Å². The Hall–Kier alpha value is -1.09. The quantitative estimate of drug-likeness (QED) is 0.779. The molecule has 0 saturated heterocycles. The van der Waals surface area contributed by atoms with E-state index in [4.69, 9.17) is 4.74 Å². The number of pyridine rings is 1. The summed E-state index contributed by atoms with van der Waals surface area (Å²) >= 11 is 0. The van der Waals surface area contributed by atoms with Crippen molar-refractivity contribution >= 4 is 0 Å². The van der Waals surface area contributed by atoms with Gasteiger partial charge < -0.3 is 10.1 Å². The highest BCUT2D eigenvalue weighted by molar-refractivity contribution is 5.15. The Morgan fingerprint density at radius 3 is 2.67 bits per heavy atom. The van der Waals surface area contributed by atoms with Gasteiger partial charge in [-0.25, -0.2) is 4.98 Å². The molecule has 0 aliphatic rings. The maximum atomic E-state index is 5.08. The molecule has 0 bridgehead atoms. The van der Waals surface area contributed by atoms with Gasteiger partial charge in [0.2, 0.25) is 5.88 Å². The normalized spacial score (nSPS) is 10.7. The molecule has 1 heterocycles. The fourth-order valence-corrected chi connectivity index (χ4v) is 1.50. The molecule has 3 heteroatoms. The number of nitrogens with one attached hydrogen (secondary N) is 1. The molecule has 0 aromatic carbocycles. The van der Waals surface area contributed by atoms with Gasteiger partial charge in [-0.1, -0.05) is 19.9 Å². The summed E-state index contributed by atoms with van der Waals surface area (Å²) < 4.78 is 5.08. The Kier molecular flexibility index (Phi) is 5.12. The number of hydrogen-bond donors (Lipinski definition) is 1. The first-order valence-corrected chi connectivity index (χ1v) is 5.53. The Balaban J connectivity index is 2.49. The third kappa shape index (κ3) is 3.88. The van der Waals surface area contributed by atoms with Crippen molar-refractivity contribution < 1.29 is 4.74 Å². The van der Waals surface area contributed by atoms with Crippen LogP contribution >= 0.6 is 0 Å². The summed E-state index contributed by atoms with van der Waals surface area (Å²) in [5.41, 5.74) is 1.03. The van der Waals surface area contributed by atoms with Crippen molar-refractivity contribution in [2.24, 2.45) is 0 Å². The smallest absolute Gasteiger partial charge is 0.213 e. The van der Waals surface area contributed by atoms with E-state index in [1.165, 1.54) is 0 Å². The van der Waals surface area contributed by atoms with Gasteiger partial charge in [0.05, 0.1) is 12.8 Å². The molecule has 0 fully saturated rings. The zero-order chi connectivity index (χ0) is 11.1. The van der Waals surface area contributed by atoms with Gasteiger partial charge in [0.15, 0.2) is 0 Å². The van der Waals surface area contributed by atoms with Crippen LogP contribution < -0.4 is 10.1 Å². The second kappa shape index (κ2) is 6.40. The van der Waals surface area contributed by atoms with Gasteiger partial charge in [-0.3, -0.25) is 0 Å². The van der Waals surface area contributed by atoms with Crippen LogP contribution in [0.5, 0.6) is 5.88 Å². The molecule has 15 heavy (non-hydrogen) atoms. The van der Waals surface area contributed by atoms with Gasteiger partial charge in [-0.15, -0.1) is 0 Å². The summed E-state index contributed by atoms with van der Waals surface area (Å²) in [7, 11) is 1.64. The summed E-state index contributed by atoms with van der Waals surface area (Å²) in [6, 6.07) is 6.42. The summed E-state index contributed by atoms with van der Waals surface area (Å²) in [6.45, 7) is 5.20. The average molecular weight is 208 g/mol. The maximum Gasteiger partial charge on any atom is 0.213 e. The second-order valence-corrected chi connectivity index (χ2v) is 3.57. The highest BCUT2D eigenvalue weighted by atomic mass is 16.5. The molecule has 0 amide bonds. The van der Waals surface area contributed by atoms with Gasteiger partial charge in [0.1, 0.15) is 0 Å². The molecular weight excluding hydrogens is 188 g/mol. The van der Waals surface area contributed by atoms with E-state index in [9.17, 15) is 0 Å². The summed E-state index contributed by atoms with van der Waals surface area (Å²) in [5, 5.41) is 3.47. The Morgan fingerprint density at radius 2 is 2.07 bits per heavy atom. The predicted molar refractivity (Wildman–Crippen MR) is 62.0 cm³/mol. The van der Waals surface area contributed by atoms with E-state index in [2.05, 4.69) is 24.1 Å². The van der Waals surface area contributed by atoms with E-state index in [-0.39, 0.29) is 0 Å². The maximum absolute atomic E-state index is 5.08. The average Bonchev–Trinajstić information content (AvgIpc) is 2.31. The van der Waals surface area contributed by atoms with Crippen molar-refractivity contribution in [3.63, 3.8) is 0 Å². The first-order valence-electron chi connectivity index (χ1n) is 5.53. The van der Waals surface area contributed by atoms with Crippen molar-refractivity contribution in [3.8, 4) is 5.88 Å². The molecule has 0 saturated carbocycles. The molecule has 1 N–H and O–H groups in total. The third-order valence-corrected chi connectivity index (χ3v) is 2.55. The van der Waals surface area contributed by atoms with E-state index in [1.54, 1.807) is 7.11 Å². The fraction of sp³-hybridized carbons (Fsp3) is 0.583. The van der Waals surface area contributed by atoms with Crippen LogP contribution in [0.4, 0.5) is 0 Å². The topological polar surface area (TPSA) is 34.1 Å². The molecule has 0 radical (unpaired) electrons. The van der Waals surface area contributed by atoms with Gasteiger partial charge in [0.25, 0.3) is 0 Å². The lowest BCUT2D eigenvalue weighted by Gasteiger charge is -2.14. The Morgan fingerprint density at radius 1 is 1.33 bits per heavy atom. The van der Waals surface area contributed by atoms with Gasteiger partial charge >= 0.3 is 0 Å². The van der Waals surface area contributed by atoms with E-state index in [0.717, 1.165) is 25.1 Å². The second-order valence-electron chi connectivity index (χ2n) is 3.57. The van der Waals surface area contributed by atoms with Crippen molar-refractivity contribution in [1.82, 2.24) is 10.3 Å². The van der Waals surface area contributed by atoms with Crippen LogP contribution in [0, 0.1) is 0 Å². The number of methoxy groups -OCH3 is 1. The van der Waals surface area contributed by atoms with Crippen LogP contribution in [0.1, 0.15) is 32.4 Å². The SMILES string of the molecule is CCC(CC)NCc1cccc(OC)n1. The first-order chi connectivity index (χ1) is 7.30. The molecule has 0 aliphatic heterocycles. The van der Waals surface area contributed by atoms with E-state index in [1.807, 2.05) is 18.2 Å². The van der Waals surface area contributed by atoms with Crippen LogP contribution in [-0.4, -0.2) is 18.1 Å². The van der Waals surface area contributed by atoms with Crippen molar-refractivity contribution in [1.29, 1.82) is 0 Å². The molecule has 1 aromatic rings. The zero-order valence-corrected chi connectivity index (χ0v) is 9.79. The number of rotatable bonds is 6. The van der Waals surface area contributed by atoms with E-state index in [0.29, 0.717) is 11.9 Å². The lowest BCUT2D eigenvalue weighted by atomic mass is 10.2. The largest absolute Gasteiger partial charge is 0.481 e. The van der Waals surface area contributed by atoms with E-state index >= 15 is 0 Å². The first kappa shape index (κ1) is 12.0. The number of nitrogens with zero attached hydrogens (tertiary/aromatic N) is 1.